The number of aromatic amines is 3. The largest absolute Gasteiger partial charge is 0.336 e. The molecule has 1 aromatic carbocycles. The first-order chi connectivity index (χ1) is 13.9. The Morgan fingerprint density at radius 3 is 2.79 bits per heavy atom. The molecule has 0 atom stereocenters. The van der Waals surface area contributed by atoms with E-state index in [2.05, 4.69) is 35.5 Å². The van der Waals surface area contributed by atoms with Crippen LogP contribution in [0.25, 0.3) is 22.6 Å². The van der Waals surface area contributed by atoms with Crippen LogP contribution in [-0.2, 0) is 18.3 Å². The highest BCUT2D eigenvalue weighted by molar-refractivity contribution is 5.91. The van der Waals surface area contributed by atoms with Crippen LogP contribution < -0.4 is 16.6 Å². The van der Waals surface area contributed by atoms with Gasteiger partial charge in [-0.2, -0.15) is 5.10 Å². The van der Waals surface area contributed by atoms with Gasteiger partial charge in [-0.05, 0) is 19.1 Å². The van der Waals surface area contributed by atoms with Crippen molar-refractivity contribution in [3.05, 3.63) is 56.8 Å². The fourth-order valence-electron chi connectivity index (χ4n) is 2.93. The minimum Gasteiger partial charge on any atom is -0.336 e. The quantitative estimate of drug-likeness (QED) is 0.389. The molecule has 4 rings (SSSR count). The Labute approximate surface area is 163 Å². The Morgan fingerprint density at radius 2 is 2.03 bits per heavy atom. The summed E-state index contributed by atoms with van der Waals surface area (Å²) in [4.78, 5) is 49.4. The first-order valence-corrected chi connectivity index (χ1v) is 8.88. The van der Waals surface area contributed by atoms with Crippen molar-refractivity contribution in [3.8, 4) is 11.4 Å². The second-order valence-corrected chi connectivity index (χ2v) is 6.57. The normalized spacial score (nSPS) is 11.1. The number of benzene rings is 1. The summed E-state index contributed by atoms with van der Waals surface area (Å²) in [6.07, 6.45) is 0.434. The molecule has 29 heavy (non-hydrogen) atoms. The smallest absolute Gasteiger partial charge is 0.329 e. The highest BCUT2D eigenvalue weighted by Crippen LogP contribution is 2.19. The van der Waals surface area contributed by atoms with E-state index in [1.165, 1.54) is 11.6 Å². The molecular formula is C18H18N8O3. The van der Waals surface area contributed by atoms with Crippen molar-refractivity contribution in [2.75, 3.05) is 5.32 Å². The van der Waals surface area contributed by atoms with Crippen LogP contribution in [-0.4, -0.2) is 40.6 Å². The van der Waals surface area contributed by atoms with Gasteiger partial charge >= 0.3 is 5.69 Å². The van der Waals surface area contributed by atoms with Crippen molar-refractivity contribution in [2.24, 2.45) is 7.05 Å². The molecule has 4 N–H and O–H groups in total. The number of hydrogen-bond donors (Lipinski definition) is 4. The van der Waals surface area contributed by atoms with Gasteiger partial charge < -0.3 is 10.3 Å². The van der Waals surface area contributed by atoms with Gasteiger partial charge in [-0.25, -0.2) is 14.8 Å². The maximum Gasteiger partial charge on any atom is 0.329 e. The van der Waals surface area contributed by atoms with Gasteiger partial charge in [0.2, 0.25) is 5.91 Å². The maximum absolute atomic E-state index is 12.3. The maximum atomic E-state index is 12.3. The number of nitrogens with zero attached hydrogens (tertiary/aromatic N) is 4. The molecule has 11 nitrogen and oxygen atoms in total. The molecule has 0 saturated heterocycles. The molecule has 0 unspecified atom stereocenters. The zero-order valence-corrected chi connectivity index (χ0v) is 15.7. The third-order valence-electron chi connectivity index (χ3n) is 4.39. The van der Waals surface area contributed by atoms with E-state index in [4.69, 9.17) is 0 Å². The fraction of sp³-hybridized carbons (Fsp3) is 0.222. The number of imidazole rings is 1. The molecule has 148 valence electrons. The highest BCUT2D eigenvalue weighted by Gasteiger charge is 2.12. The Kier molecular flexibility index (Phi) is 4.55. The number of aryl methyl sites for hydroxylation is 3. The standard InChI is InChI=1S/C18H18N8O3/c1-9-19-15(25-24-9)10-4-3-5-11(8-10)20-13(27)7-6-12-21-14-16(22-12)26(2)18(29)23-17(14)28/h3-5,8H,6-7H2,1-2H3,(H,20,27)(H,21,22)(H,19,24,25)(H,23,28,29). The second kappa shape index (κ2) is 7.19. The van der Waals surface area contributed by atoms with E-state index in [-0.39, 0.29) is 29.9 Å². The summed E-state index contributed by atoms with van der Waals surface area (Å²) < 4.78 is 1.24. The molecule has 0 aliphatic heterocycles. The SMILES string of the molecule is Cc1nc(-c2cccc(NC(=O)CCc3nc4c([nH]3)c(=O)[nH]c(=O)n4C)c2)n[nH]1. The molecule has 0 fully saturated rings. The van der Waals surface area contributed by atoms with E-state index in [0.29, 0.717) is 23.2 Å². The van der Waals surface area contributed by atoms with Gasteiger partial charge in [0, 0.05) is 31.1 Å². The third-order valence-corrected chi connectivity index (χ3v) is 4.39. The van der Waals surface area contributed by atoms with Crippen LogP contribution in [0, 0.1) is 6.92 Å². The van der Waals surface area contributed by atoms with Crippen molar-refractivity contribution >= 4 is 22.8 Å². The van der Waals surface area contributed by atoms with Crippen LogP contribution in [0.3, 0.4) is 0 Å². The molecule has 0 radical (unpaired) electrons. The minimum atomic E-state index is -0.542. The van der Waals surface area contributed by atoms with Gasteiger partial charge in [-0.15, -0.1) is 0 Å². The third kappa shape index (κ3) is 3.70. The monoisotopic (exact) mass is 394 g/mol. The Bertz CT molecular complexity index is 1330. The summed E-state index contributed by atoms with van der Waals surface area (Å²) in [7, 11) is 1.51. The number of amides is 1. The summed E-state index contributed by atoms with van der Waals surface area (Å²) >= 11 is 0. The molecule has 0 aliphatic rings. The van der Waals surface area contributed by atoms with E-state index >= 15 is 0 Å². The molecule has 3 heterocycles. The number of fused-ring (bicyclic) bond motifs is 1. The van der Waals surface area contributed by atoms with Crippen molar-refractivity contribution in [1.29, 1.82) is 0 Å². The second-order valence-electron chi connectivity index (χ2n) is 6.57. The van der Waals surface area contributed by atoms with Crippen LogP contribution in [0.2, 0.25) is 0 Å². The lowest BCUT2D eigenvalue weighted by Crippen LogP contribution is -2.28. The molecule has 4 aromatic rings. The number of hydrogen-bond acceptors (Lipinski definition) is 6. The van der Waals surface area contributed by atoms with Crippen molar-refractivity contribution < 1.29 is 4.79 Å². The lowest BCUT2D eigenvalue weighted by molar-refractivity contribution is -0.116. The number of nitrogens with one attached hydrogen (secondary N) is 4. The predicted molar refractivity (Wildman–Crippen MR) is 105 cm³/mol. The fourth-order valence-corrected chi connectivity index (χ4v) is 2.93. The number of rotatable bonds is 5. The number of aromatic nitrogens is 7. The van der Waals surface area contributed by atoms with Crippen LogP contribution in [0.4, 0.5) is 5.69 Å². The summed E-state index contributed by atoms with van der Waals surface area (Å²) in [5, 5.41) is 9.72. The Hall–Kier alpha value is -4.02. The number of carbonyl (C=O) groups excluding carboxylic acids is 1. The zero-order valence-electron chi connectivity index (χ0n) is 15.7. The molecule has 11 heteroatoms. The lowest BCUT2D eigenvalue weighted by Gasteiger charge is -2.05. The lowest BCUT2D eigenvalue weighted by atomic mass is 10.2. The first kappa shape index (κ1) is 18.3. The topological polar surface area (TPSA) is 154 Å². The van der Waals surface area contributed by atoms with E-state index in [1.54, 1.807) is 12.1 Å². The van der Waals surface area contributed by atoms with Crippen LogP contribution >= 0.6 is 0 Å². The van der Waals surface area contributed by atoms with Gasteiger partial charge in [-0.3, -0.25) is 24.2 Å². The predicted octanol–water partition coefficient (Wildman–Crippen LogP) is 0.615. The highest BCUT2D eigenvalue weighted by atomic mass is 16.2. The molecule has 0 saturated carbocycles. The summed E-state index contributed by atoms with van der Waals surface area (Å²) in [5.41, 5.74) is 0.786. The van der Waals surface area contributed by atoms with Crippen LogP contribution in [0.5, 0.6) is 0 Å². The van der Waals surface area contributed by atoms with Crippen molar-refractivity contribution in [1.82, 2.24) is 34.7 Å². The summed E-state index contributed by atoms with van der Waals surface area (Å²) in [6.45, 7) is 1.81. The van der Waals surface area contributed by atoms with Gasteiger partial charge in [0.25, 0.3) is 5.56 Å². The van der Waals surface area contributed by atoms with E-state index in [0.717, 1.165) is 5.56 Å². The zero-order chi connectivity index (χ0) is 20.5. The average molecular weight is 394 g/mol. The molecule has 0 bridgehead atoms. The van der Waals surface area contributed by atoms with Crippen LogP contribution in [0.1, 0.15) is 18.1 Å². The number of H-pyrrole nitrogens is 3. The number of carbonyl (C=O) groups is 1. The minimum absolute atomic E-state index is 0.148. The summed E-state index contributed by atoms with van der Waals surface area (Å²) in [5.74, 6) is 1.50. The molecule has 0 spiro atoms. The van der Waals surface area contributed by atoms with E-state index in [9.17, 15) is 14.4 Å². The summed E-state index contributed by atoms with van der Waals surface area (Å²) in [6, 6.07) is 7.23. The molecule has 3 aromatic heterocycles. The first-order valence-electron chi connectivity index (χ1n) is 8.88. The van der Waals surface area contributed by atoms with E-state index in [1.807, 2.05) is 19.1 Å². The van der Waals surface area contributed by atoms with Crippen molar-refractivity contribution in [3.63, 3.8) is 0 Å². The van der Waals surface area contributed by atoms with Crippen LogP contribution in [0.15, 0.2) is 33.9 Å². The average Bonchev–Trinajstić information content (AvgIpc) is 3.32. The Balaban J connectivity index is 1.45. The number of anilines is 1. The van der Waals surface area contributed by atoms with Gasteiger partial charge in [-0.1, -0.05) is 12.1 Å². The van der Waals surface area contributed by atoms with E-state index < -0.39 is 11.2 Å². The molecular weight excluding hydrogens is 376 g/mol. The van der Waals surface area contributed by atoms with Crippen molar-refractivity contribution in [2.45, 2.75) is 19.8 Å². The van der Waals surface area contributed by atoms with Gasteiger partial charge in [0.15, 0.2) is 11.5 Å². The van der Waals surface area contributed by atoms with Gasteiger partial charge in [0.05, 0.1) is 0 Å². The molecule has 1 amide bonds. The Morgan fingerprint density at radius 1 is 1.21 bits per heavy atom. The van der Waals surface area contributed by atoms with Gasteiger partial charge in [0.1, 0.15) is 17.2 Å². The molecule has 0 aliphatic carbocycles.